The molecular formula is C21H44NO+. The number of carbonyl (C=O) groups excluding carboxylic acids is 1. The largest absolute Gasteiger partial charge is 0.331 e. The number of hydrogen-bond donors (Lipinski definition) is 0. The Balaban J connectivity index is 3.22. The van der Waals surface area contributed by atoms with E-state index in [4.69, 9.17) is 0 Å². The van der Waals surface area contributed by atoms with E-state index in [1.165, 1.54) is 77.2 Å². The molecule has 0 saturated carbocycles. The van der Waals surface area contributed by atoms with E-state index in [0.29, 0.717) is 5.78 Å². The van der Waals surface area contributed by atoms with Gasteiger partial charge >= 0.3 is 0 Å². The Hall–Kier alpha value is -0.370. The topological polar surface area (TPSA) is 17.1 Å². The molecule has 0 atom stereocenters. The van der Waals surface area contributed by atoms with Gasteiger partial charge < -0.3 is 4.48 Å². The van der Waals surface area contributed by atoms with Crippen molar-refractivity contribution in [3.8, 4) is 0 Å². The van der Waals surface area contributed by atoms with Crippen molar-refractivity contribution in [1.29, 1.82) is 0 Å². The van der Waals surface area contributed by atoms with Crippen molar-refractivity contribution in [3.63, 3.8) is 0 Å². The van der Waals surface area contributed by atoms with E-state index in [1.54, 1.807) is 0 Å². The molecule has 0 aliphatic carbocycles. The van der Waals surface area contributed by atoms with Crippen LogP contribution in [0.25, 0.3) is 0 Å². The van der Waals surface area contributed by atoms with Crippen molar-refractivity contribution in [2.75, 3.05) is 27.7 Å². The summed E-state index contributed by atoms with van der Waals surface area (Å²) < 4.78 is 1.07. The fourth-order valence-corrected chi connectivity index (χ4v) is 3.02. The molecule has 0 heterocycles. The Bertz CT molecular complexity index is 268. The molecule has 0 aliphatic heterocycles. The number of rotatable bonds is 17. The van der Waals surface area contributed by atoms with Gasteiger partial charge in [-0.05, 0) is 25.7 Å². The zero-order valence-electron chi connectivity index (χ0n) is 16.7. The molecule has 0 aromatic rings. The molecule has 0 fully saturated rings. The van der Waals surface area contributed by atoms with Gasteiger partial charge in [-0.15, -0.1) is 0 Å². The fourth-order valence-electron chi connectivity index (χ4n) is 3.02. The summed E-state index contributed by atoms with van der Waals surface area (Å²) in [5.74, 6) is 0.502. The van der Waals surface area contributed by atoms with Gasteiger partial charge in [0.15, 0.2) is 0 Å². The summed E-state index contributed by atoms with van der Waals surface area (Å²) in [6, 6.07) is 0. The van der Waals surface area contributed by atoms with Crippen LogP contribution in [0.2, 0.25) is 0 Å². The van der Waals surface area contributed by atoms with Crippen LogP contribution in [0.4, 0.5) is 0 Å². The van der Waals surface area contributed by atoms with Crippen molar-refractivity contribution in [2.45, 2.75) is 103 Å². The Kier molecular flexibility index (Phi) is 14.9. The maximum absolute atomic E-state index is 11.8. The number of Topliss-reactive ketones (excluding diaryl/α,β-unsaturated/α-hetero) is 1. The SMILES string of the molecule is CCCCCCCCCCC(=O)CCCCCCC[N+](C)(C)C. The summed E-state index contributed by atoms with van der Waals surface area (Å²) in [6.07, 6.45) is 18.5. The summed E-state index contributed by atoms with van der Waals surface area (Å²) in [4.78, 5) is 11.8. The van der Waals surface area contributed by atoms with E-state index in [9.17, 15) is 4.79 Å². The standard InChI is InChI=1S/C21H44NO/c1-5-6-7-8-9-10-12-15-18-21(23)19-16-13-11-14-17-20-22(2,3)4/h5-20H2,1-4H3/q+1. The molecule has 0 aromatic heterocycles. The Labute approximate surface area is 146 Å². The summed E-state index contributed by atoms with van der Waals surface area (Å²) >= 11 is 0. The third-order valence-corrected chi connectivity index (χ3v) is 4.59. The summed E-state index contributed by atoms with van der Waals surface area (Å²) in [5.41, 5.74) is 0. The van der Waals surface area contributed by atoms with E-state index >= 15 is 0 Å². The van der Waals surface area contributed by atoms with Crippen LogP contribution in [-0.4, -0.2) is 38.0 Å². The minimum Gasteiger partial charge on any atom is -0.331 e. The van der Waals surface area contributed by atoms with Crippen molar-refractivity contribution in [2.24, 2.45) is 0 Å². The van der Waals surface area contributed by atoms with Gasteiger partial charge in [0.2, 0.25) is 0 Å². The minimum absolute atomic E-state index is 0.502. The number of nitrogens with zero attached hydrogens (tertiary/aromatic N) is 1. The van der Waals surface area contributed by atoms with Crippen LogP contribution < -0.4 is 0 Å². The van der Waals surface area contributed by atoms with Gasteiger partial charge in [0.05, 0.1) is 27.7 Å². The smallest absolute Gasteiger partial charge is 0.132 e. The van der Waals surface area contributed by atoms with Crippen molar-refractivity contribution < 1.29 is 9.28 Å². The highest BCUT2D eigenvalue weighted by molar-refractivity contribution is 5.78. The predicted octanol–water partition coefficient (Wildman–Crippen LogP) is 6.13. The van der Waals surface area contributed by atoms with Crippen molar-refractivity contribution in [1.82, 2.24) is 0 Å². The molecule has 0 amide bonds. The zero-order valence-corrected chi connectivity index (χ0v) is 16.7. The van der Waals surface area contributed by atoms with Gasteiger partial charge in [-0.1, -0.05) is 64.7 Å². The lowest BCUT2D eigenvalue weighted by molar-refractivity contribution is -0.870. The summed E-state index contributed by atoms with van der Waals surface area (Å²) in [5, 5.41) is 0. The number of carbonyl (C=O) groups is 1. The summed E-state index contributed by atoms with van der Waals surface area (Å²) in [6.45, 7) is 3.52. The van der Waals surface area contributed by atoms with Crippen molar-refractivity contribution >= 4 is 5.78 Å². The van der Waals surface area contributed by atoms with Gasteiger partial charge in [-0.2, -0.15) is 0 Å². The number of unbranched alkanes of at least 4 members (excludes halogenated alkanes) is 11. The van der Waals surface area contributed by atoms with Crippen LogP contribution in [0.1, 0.15) is 103 Å². The van der Waals surface area contributed by atoms with Gasteiger partial charge in [0, 0.05) is 12.8 Å². The molecule has 0 spiro atoms. The zero-order chi connectivity index (χ0) is 17.4. The lowest BCUT2D eigenvalue weighted by Crippen LogP contribution is -2.35. The van der Waals surface area contributed by atoms with Crippen LogP contribution in [0.3, 0.4) is 0 Å². The van der Waals surface area contributed by atoms with Crippen LogP contribution in [0, 0.1) is 0 Å². The Morgan fingerprint density at radius 3 is 1.43 bits per heavy atom. The monoisotopic (exact) mass is 326 g/mol. The summed E-state index contributed by atoms with van der Waals surface area (Å²) in [7, 11) is 6.76. The first kappa shape index (κ1) is 22.6. The molecule has 2 nitrogen and oxygen atoms in total. The molecule has 0 unspecified atom stereocenters. The van der Waals surface area contributed by atoms with E-state index in [2.05, 4.69) is 28.1 Å². The lowest BCUT2D eigenvalue weighted by Gasteiger charge is -2.23. The number of quaternary nitrogens is 1. The molecule has 138 valence electrons. The highest BCUT2D eigenvalue weighted by atomic mass is 16.1. The third-order valence-electron chi connectivity index (χ3n) is 4.59. The normalized spacial score (nSPS) is 11.8. The van der Waals surface area contributed by atoms with Crippen molar-refractivity contribution in [3.05, 3.63) is 0 Å². The second-order valence-electron chi connectivity index (χ2n) is 8.30. The highest BCUT2D eigenvalue weighted by Gasteiger charge is 2.05. The van der Waals surface area contributed by atoms with Gasteiger partial charge in [-0.25, -0.2) is 0 Å². The molecule has 0 bridgehead atoms. The Morgan fingerprint density at radius 2 is 1.00 bits per heavy atom. The van der Waals surface area contributed by atoms with E-state index < -0.39 is 0 Å². The van der Waals surface area contributed by atoms with Crippen LogP contribution in [0.15, 0.2) is 0 Å². The minimum atomic E-state index is 0.502. The average Bonchev–Trinajstić information content (AvgIpc) is 2.48. The van der Waals surface area contributed by atoms with Gasteiger partial charge in [-0.3, -0.25) is 4.79 Å². The maximum atomic E-state index is 11.8. The first-order valence-corrected chi connectivity index (χ1v) is 10.3. The van der Waals surface area contributed by atoms with Crippen LogP contribution >= 0.6 is 0 Å². The third kappa shape index (κ3) is 19.6. The molecule has 0 N–H and O–H groups in total. The van der Waals surface area contributed by atoms with E-state index in [-0.39, 0.29) is 0 Å². The van der Waals surface area contributed by atoms with Gasteiger partial charge in [0.1, 0.15) is 5.78 Å². The van der Waals surface area contributed by atoms with Crippen LogP contribution in [-0.2, 0) is 4.79 Å². The first-order valence-electron chi connectivity index (χ1n) is 10.3. The second-order valence-corrected chi connectivity index (χ2v) is 8.30. The van der Waals surface area contributed by atoms with E-state index in [1.807, 2.05) is 0 Å². The maximum Gasteiger partial charge on any atom is 0.132 e. The predicted molar refractivity (Wildman–Crippen MR) is 103 cm³/mol. The van der Waals surface area contributed by atoms with E-state index in [0.717, 1.165) is 30.2 Å². The molecule has 0 aromatic carbocycles. The first-order chi connectivity index (χ1) is 11.0. The molecule has 0 aliphatic rings. The molecule has 23 heavy (non-hydrogen) atoms. The van der Waals surface area contributed by atoms with Crippen LogP contribution in [0.5, 0.6) is 0 Å². The molecular weight excluding hydrogens is 282 g/mol. The van der Waals surface area contributed by atoms with Gasteiger partial charge in [0.25, 0.3) is 0 Å². The lowest BCUT2D eigenvalue weighted by atomic mass is 10.0. The quantitative estimate of drug-likeness (QED) is 0.232. The number of ketones is 1. The Morgan fingerprint density at radius 1 is 0.609 bits per heavy atom. The molecule has 0 saturated heterocycles. The fraction of sp³-hybridized carbons (Fsp3) is 0.952. The highest BCUT2D eigenvalue weighted by Crippen LogP contribution is 2.12. The molecule has 2 heteroatoms. The second kappa shape index (κ2) is 15.2. The molecule has 0 radical (unpaired) electrons. The average molecular weight is 327 g/mol. The number of hydrogen-bond acceptors (Lipinski definition) is 1. The molecule has 0 rings (SSSR count).